The molecule has 0 aromatic heterocycles. The van der Waals surface area contributed by atoms with Crippen molar-refractivity contribution in [1.82, 2.24) is 9.44 Å². The highest BCUT2D eigenvalue weighted by Gasteiger charge is 2.18. The van der Waals surface area contributed by atoms with E-state index in [-0.39, 0.29) is 21.4 Å². The molecule has 0 saturated heterocycles. The molecule has 0 unspecified atom stereocenters. The molecule has 8 nitrogen and oxygen atoms in total. The maximum atomic E-state index is 12.5. The normalized spacial score (nSPS) is 13.1. The molecule has 0 bridgehead atoms. The Bertz CT molecular complexity index is 1050. The molecular formula is C18H23N3O5S2. The third-order valence-electron chi connectivity index (χ3n) is 4.07. The molecule has 10 heteroatoms. The SMILES string of the molecule is CC[C@H](C)NS(=O)(=O)c1cccc(C(=O)Nc2ccc(S(=O)(=O)NC)cc2)c1. The number of anilines is 1. The fraction of sp³-hybridized carbons (Fsp3) is 0.278. The van der Waals surface area contributed by atoms with E-state index in [1.807, 2.05) is 6.92 Å². The zero-order valence-corrected chi connectivity index (χ0v) is 17.4. The zero-order chi connectivity index (χ0) is 20.9. The molecular weight excluding hydrogens is 402 g/mol. The number of hydrogen-bond donors (Lipinski definition) is 3. The number of rotatable bonds is 8. The molecule has 0 saturated carbocycles. The first-order valence-electron chi connectivity index (χ1n) is 8.56. The maximum Gasteiger partial charge on any atom is 0.255 e. The van der Waals surface area contributed by atoms with E-state index in [1.165, 1.54) is 55.6 Å². The van der Waals surface area contributed by atoms with Gasteiger partial charge in [-0.15, -0.1) is 0 Å². The molecule has 28 heavy (non-hydrogen) atoms. The van der Waals surface area contributed by atoms with Crippen molar-refractivity contribution in [2.75, 3.05) is 12.4 Å². The molecule has 0 aliphatic carbocycles. The van der Waals surface area contributed by atoms with Crippen LogP contribution in [0, 0.1) is 0 Å². The lowest BCUT2D eigenvalue weighted by molar-refractivity contribution is 0.102. The van der Waals surface area contributed by atoms with Crippen LogP contribution in [0.25, 0.3) is 0 Å². The van der Waals surface area contributed by atoms with Crippen molar-refractivity contribution in [3.63, 3.8) is 0 Å². The Morgan fingerprint density at radius 3 is 2.18 bits per heavy atom. The van der Waals surface area contributed by atoms with Crippen LogP contribution >= 0.6 is 0 Å². The zero-order valence-electron chi connectivity index (χ0n) is 15.8. The van der Waals surface area contributed by atoms with Crippen LogP contribution < -0.4 is 14.8 Å². The first-order valence-corrected chi connectivity index (χ1v) is 11.5. The second kappa shape index (κ2) is 8.82. The van der Waals surface area contributed by atoms with Crippen LogP contribution in [0.5, 0.6) is 0 Å². The van der Waals surface area contributed by atoms with Gasteiger partial charge < -0.3 is 5.32 Å². The van der Waals surface area contributed by atoms with E-state index in [0.717, 1.165) is 0 Å². The molecule has 0 spiro atoms. The number of nitrogens with one attached hydrogen (secondary N) is 3. The van der Waals surface area contributed by atoms with Gasteiger partial charge in [0.25, 0.3) is 5.91 Å². The van der Waals surface area contributed by atoms with E-state index >= 15 is 0 Å². The van der Waals surface area contributed by atoms with Gasteiger partial charge in [0.1, 0.15) is 0 Å². The summed E-state index contributed by atoms with van der Waals surface area (Å²) in [5, 5.41) is 2.62. The molecule has 152 valence electrons. The van der Waals surface area contributed by atoms with Crippen LogP contribution in [0.2, 0.25) is 0 Å². The van der Waals surface area contributed by atoms with Gasteiger partial charge in [-0.3, -0.25) is 4.79 Å². The summed E-state index contributed by atoms with van der Waals surface area (Å²) < 4.78 is 53.0. The number of sulfonamides is 2. The second-order valence-electron chi connectivity index (χ2n) is 6.14. The Balaban J connectivity index is 2.19. The van der Waals surface area contributed by atoms with Gasteiger partial charge in [0.05, 0.1) is 9.79 Å². The van der Waals surface area contributed by atoms with Crippen LogP contribution in [0.4, 0.5) is 5.69 Å². The Morgan fingerprint density at radius 2 is 1.61 bits per heavy atom. The van der Waals surface area contributed by atoms with Crippen molar-refractivity contribution in [3.8, 4) is 0 Å². The van der Waals surface area contributed by atoms with Crippen molar-refractivity contribution in [1.29, 1.82) is 0 Å². The summed E-state index contributed by atoms with van der Waals surface area (Å²) in [5.41, 5.74) is 0.546. The first-order chi connectivity index (χ1) is 13.1. The minimum atomic E-state index is -3.73. The predicted octanol–water partition coefficient (Wildman–Crippen LogP) is 1.92. The average Bonchev–Trinajstić information content (AvgIpc) is 2.68. The topological polar surface area (TPSA) is 121 Å². The minimum absolute atomic E-state index is 0.00379. The van der Waals surface area contributed by atoms with Crippen molar-refractivity contribution < 1.29 is 21.6 Å². The fourth-order valence-electron chi connectivity index (χ4n) is 2.26. The van der Waals surface area contributed by atoms with Gasteiger partial charge in [-0.2, -0.15) is 0 Å². The number of amides is 1. The molecule has 0 aliphatic heterocycles. The Labute approximate surface area is 165 Å². The number of carbonyl (C=O) groups is 1. The standard InChI is InChI=1S/C18H23N3O5S2/c1-4-13(2)21-28(25,26)17-7-5-6-14(12-17)18(22)20-15-8-10-16(11-9-15)27(23,24)19-3/h5-13,19,21H,4H2,1-3H3,(H,20,22)/t13-/m0/s1. The third kappa shape index (κ3) is 5.38. The molecule has 3 N–H and O–H groups in total. The Kier molecular flexibility index (Phi) is 6.94. The van der Waals surface area contributed by atoms with Crippen LogP contribution in [-0.4, -0.2) is 35.8 Å². The van der Waals surface area contributed by atoms with Crippen LogP contribution in [0.3, 0.4) is 0 Å². The quantitative estimate of drug-likeness (QED) is 0.597. The third-order valence-corrected chi connectivity index (χ3v) is 7.08. The summed E-state index contributed by atoms with van der Waals surface area (Å²) in [6.45, 7) is 3.62. The largest absolute Gasteiger partial charge is 0.322 e. The highest BCUT2D eigenvalue weighted by Crippen LogP contribution is 2.17. The Morgan fingerprint density at radius 1 is 0.964 bits per heavy atom. The number of benzene rings is 2. The molecule has 0 aliphatic rings. The van der Waals surface area contributed by atoms with Crippen LogP contribution in [0.15, 0.2) is 58.3 Å². The molecule has 2 aromatic rings. The van der Waals surface area contributed by atoms with Crippen molar-refractivity contribution in [2.24, 2.45) is 0 Å². The predicted molar refractivity (Wildman–Crippen MR) is 107 cm³/mol. The highest BCUT2D eigenvalue weighted by molar-refractivity contribution is 7.89. The van der Waals surface area contributed by atoms with Crippen LogP contribution in [0.1, 0.15) is 30.6 Å². The van der Waals surface area contributed by atoms with Crippen molar-refractivity contribution in [3.05, 3.63) is 54.1 Å². The van der Waals surface area contributed by atoms with E-state index in [1.54, 1.807) is 6.92 Å². The summed E-state index contributed by atoms with van der Waals surface area (Å²) in [4.78, 5) is 12.5. The molecule has 1 atom stereocenters. The molecule has 1 amide bonds. The van der Waals surface area contributed by atoms with Gasteiger partial charge in [0.15, 0.2) is 0 Å². The molecule has 0 radical (unpaired) electrons. The van der Waals surface area contributed by atoms with Gasteiger partial charge in [-0.25, -0.2) is 26.3 Å². The lowest BCUT2D eigenvalue weighted by Gasteiger charge is -2.13. The smallest absolute Gasteiger partial charge is 0.255 e. The number of hydrogen-bond acceptors (Lipinski definition) is 5. The van der Waals surface area contributed by atoms with Gasteiger partial charge in [0, 0.05) is 17.3 Å². The molecule has 0 heterocycles. The van der Waals surface area contributed by atoms with Crippen molar-refractivity contribution >= 4 is 31.6 Å². The van der Waals surface area contributed by atoms with Gasteiger partial charge in [-0.1, -0.05) is 13.0 Å². The fourth-order valence-corrected chi connectivity index (χ4v) is 4.36. The maximum absolute atomic E-state index is 12.5. The van der Waals surface area contributed by atoms with Crippen molar-refractivity contribution in [2.45, 2.75) is 36.1 Å². The average molecular weight is 426 g/mol. The van der Waals surface area contributed by atoms with Crippen LogP contribution in [-0.2, 0) is 20.0 Å². The highest BCUT2D eigenvalue weighted by atomic mass is 32.2. The van der Waals surface area contributed by atoms with E-state index < -0.39 is 26.0 Å². The molecule has 2 rings (SSSR count). The van der Waals surface area contributed by atoms with E-state index in [2.05, 4.69) is 14.8 Å². The van der Waals surface area contributed by atoms with Gasteiger partial charge in [0.2, 0.25) is 20.0 Å². The minimum Gasteiger partial charge on any atom is -0.322 e. The molecule has 2 aromatic carbocycles. The van der Waals surface area contributed by atoms with E-state index in [9.17, 15) is 21.6 Å². The second-order valence-corrected chi connectivity index (χ2v) is 9.74. The lowest BCUT2D eigenvalue weighted by atomic mass is 10.2. The summed E-state index contributed by atoms with van der Waals surface area (Å²) >= 11 is 0. The van der Waals surface area contributed by atoms with E-state index in [0.29, 0.717) is 12.1 Å². The first kappa shape index (κ1) is 22.0. The summed E-state index contributed by atoms with van der Waals surface area (Å²) in [5.74, 6) is -0.509. The van der Waals surface area contributed by atoms with Gasteiger partial charge in [-0.05, 0) is 62.9 Å². The summed E-state index contributed by atoms with van der Waals surface area (Å²) in [7, 11) is -5.99. The Hall–Kier alpha value is -2.27. The summed E-state index contributed by atoms with van der Waals surface area (Å²) in [6, 6.07) is 11.1. The van der Waals surface area contributed by atoms with E-state index in [4.69, 9.17) is 0 Å². The van der Waals surface area contributed by atoms with Gasteiger partial charge >= 0.3 is 0 Å². The summed E-state index contributed by atoms with van der Waals surface area (Å²) in [6.07, 6.45) is 0.638. The monoisotopic (exact) mass is 425 g/mol. The lowest BCUT2D eigenvalue weighted by Crippen LogP contribution is -2.32. The molecule has 0 fully saturated rings. The number of carbonyl (C=O) groups excluding carboxylic acids is 1.